The molecule has 1 aliphatic heterocycles. The van der Waals surface area contributed by atoms with Crippen LogP contribution in [0.2, 0.25) is 0 Å². The zero-order chi connectivity index (χ0) is 13.9. The molecule has 1 aromatic heterocycles. The lowest BCUT2D eigenvalue weighted by atomic mass is 10.0. The second-order valence-electron chi connectivity index (χ2n) is 5.32. The number of nitrogens with zero attached hydrogens (tertiary/aromatic N) is 2. The van der Waals surface area contributed by atoms with E-state index < -0.39 is 0 Å². The number of urea groups is 1. The first-order valence-electron chi connectivity index (χ1n) is 7.13. The number of amides is 2. The first kappa shape index (κ1) is 13.0. The summed E-state index contributed by atoms with van der Waals surface area (Å²) in [7, 11) is 0. The van der Waals surface area contributed by atoms with Crippen LogP contribution in [0.3, 0.4) is 0 Å². The Kier molecular flexibility index (Phi) is 3.58. The first-order valence-corrected chi connectivity index (χ1v) is 7.13. The molecule has 0 bridgehead atoms. The molecule has 0 aliphatic carbocycles. The van der Waals surface area contributed by atoms with Crippen molar-refractivity contribution in [2.24, 2.45) is 0 Å². The van der Waals surface area contributed by atoms with Gasteiger partial charge in [-0.25, -0.2) is 4.79 Å². The Morgan fingerprint density at radius 2 is 2.30 bits per heavy atom. The Labute approximate surface area is 117 Å². The minimum absolute atomic E-state index is 0.00992. The normalized spacial score (nSPS) is 19.2. The van der Waals surface area contributed by atoms with Crippen LogP contribution < -0.4 is 5.32 Å². The fourth-order valence-electron chi connectivity index (χ4n) is 2.73. The van der Waals surface area contributed by atoms with E-state index in [0.717, 1.165) is 36.0 Å². The van der Waals surface area contributed by atoms with E-state index in [0.29, 0.717) is 12.6 Å². The maximum absolute atomic E-state index is 12.2. The van der Waals surface area contributed by atoms with Crippen molar-refractivity contribution in [3.8, 4) is 0 Å². The van der Waals surface area contributed by atoms with Crippen LogP contribution in [-0.4, -0.2) is 28.7 Å². The van der Waals surface area contributed by atoms with Gasteiger partial charge in [-0.2, -0.15) is 0 Å². The quantitative estimate of drug-likeness (QED) is 0.915. The van der Waals surface area contributed by atoms with Crippen molar-refractivity contribution >= 4 is 17.0 Å². The molecule has 5 heteroatoms. The molecule has 2 heterocycles. The predicted octanol–water partition coefficient (Wildman–Crippen LogP) is 2.91. The number of rotatable bonds is 2. The van der Waals surface area contributed by atoms with E-state index in [4.69, 9.17) is 4.52 Å². The number of likely N-dealkylation sites (tertiary alicyclic amines) is 1. The fraction of sp³-hybridized carbons (Fsp3) is 0.467. The van der Waals surface area contributed by atoms with Gasteiger partial charge in [0.05, 0.1) is 6.54 Å². The third-order valence-electron chi connectivity index (χ3n) is 3.92. The van der Waals surface area contributed by atoms with Gasteiger partial charge in [0.25, 0.3) is 0 Å². The third kappa shape index (κ3) is 2.48. The molecule has 2 aromatic rings. The van der Waals surface area contributed by atoms with Gasteiger partial charge in [0.1, 0.15) is 5.69 Å². The van der Waals surface area contributed by atoms with Crippen molar-refractivity contribution in [1.82, 2.24) is 15.4 Å². The summed E-state index contributed by atoms with van der Waals surface area (Å²) >= 11 is 0. The Morgan fingerprint density at radius 1 is 1.45 bits per heavy atom. The molecule has 0 unspecified atom stereocenters. The molecule has 1 aliphatic rings. The molecule has 106 valence electrons. The molecule has 2 amide bonds. The zero-order valence-corrected chi connectivity index (χ0v) is 11.6. The summed E-state index contributed by atoms with van der Waals surface area (Å²) < 4.78 is 5.23. The van der Waals surface area contributed by atoms with Crippen molar-refractivity contribution in [3.63, 3.8) is 0 Å². The van der Waals surface area contributed by atoms with Crippen LogP contribution in [0.4, 0.5) is 4.79 Å². The van der Waals surface area contributed by atoms with Crippen molar-refractivity contribution in [1.29, 1.82) is 0 Å². The average Bonchev–Trinajstić information content (AvgIpc) is 2.88. The van der Waals surface area contributed by atoms with Crippen molar-refractivity contribution in [2.45, 2.75) is 38.8 Å². The third-order valence-corrected chi connectivity index (χ3v) is 3.92. The van der Waals surface area contributed by atoms with Crippen molar-refractivity contribution in [2.75, 3.05) is 6.54 Å². The lowest BCUT2D eigenvalue weighted by Crippen LogP contribution is -2.47. The number of carbonyl (C=O) groups excluding carboxylic acids is 1. The van der Waals surface area contributed by atoms with Gasteiger partial charge in [-0.1, -0.05) is 17.3 Å². The highest BCUT2D eigenvalue weighted by Crippen LogP contribution is 2.19. The number of para-hydroxylation sites is 1. The lowest BCUT2D eigenvalue weighted by Gasteiger charge is -2.33. The number of fused-ring (bicyclic) bond motifs is 1. The van der Waals surface area contributed by atoms with Crippen LogP contribution in [0.5, 0.6) is 0 Å². The van der Waals surface area contributed by atoms with E-state index in [1.807, 2.05) is 29.2 Å². The largest absolute Gasteiger partial charge is 0.356 e. The molecule has 1 N–H and O–H groups in total. The number of hydrogen-bond acceptors (Lipinski definition) is 3. The molecule has 0 saturated carbocycles. The van der Waals surface area contributed by atoms with Crippen LogP contribution >= 0.6 is 0 Å². The maximum Gasteiger partial charge on any atom is 0.317 e. The lowest BCUT2D eigenvalue weighted by molar-refractivity contribution is 0.157. The van der Waals surface area contributed by atoms with Crippen LogP contribution in [0.15, 0.2) is 28.8 Å². The average molecular weight is 273 g/mol. The van der Waals surface area contributed by atoms with Crippen LogP contribution in [0, 0.1) is 0 Å². The van der Waals surface area contributed by atoms with Gasteiger partial charge >= 0.3 is 6.03 Å². The van der Waals surface area contributed by atoms with Crippen LogP contribution in [-0.2, 0) is 6.54 Å². The van der Waals surface area contributed by atoms with Gasteiger partial charge < -0.3 is 14.7 Å². The topological polar surface area (TPSA) is 58.4 Å². The highest BCUT2D eigenvalue weighted by Gasteiger charge is 2.23. The Balaban J connectivity index is 1.65. The second-order valence-corrected chi connectivity index (χ2v) is 5.32. The zero-order valence-electron chi connectivity index (χ0n) is 11.6. The summed E-state index contributed by atoms with van der Waals surface area (Å²) in [6.07, 6.45) is 3.38. The highest BCUT2D eigenvalue weighted by atomic mass is 16.5. The minimum Gasteiger partial charge on any atom is -0.356 e. The number of piperidine rings is 1. The van der Waals surface area contributed by atoms with Gasteiger partial charge in [0, 0.05) is 18.0 Å². The first-order chi connectivity index (χ1) is 9.75. The van der Waals surface area contributed by atoms with Crippen LogP contribution in [0.1, 0.15) is 31.9 Å². The number of hydrogen-bond donors (Lipinski definition) is 1. The molecule has 5 nitrogen and oxygen atoms in total. The van der Waals surface area contributed by atoms with Gasteiger partial charge in [-0.3, -0.25) is 0 Å². The Bertz CT molecular complexity index is 608. The van der Waals surface area contributed by atoms with Gasteiger partial charge in [-0.05, 0) is 38.3 Å². The summed E-state index contributed by atoms with van der Waals surface area (Å²) in [4.78, 5) is 14.1. The SMILES string of the molecule is C[C@@H]1CCCCN1C(=O)NCc1noc2ccccc12. The summed E-state index contributed by atoms with van der Waals surface area (Å²) in [6, 6.07) is 7.99. The smallest absolute Gasteiger partial charge is 0.317 e. The maximum atomic E-state index is 12.2. The standard InChI is InChI=1S/C15H19N3O2/c1-11-6-4-5-9-18(11)15(19)16-10-13-12-7-2-3-8-14(12)20-17-13/h2-3,7-8,11H,4-6,9-10H2,1H3,(H,16,19)/t11-/m1/s1. The number of carbonyl (C=O) groups is 1. The molecule has 1 fully saturated rings. The molecule has 0 spiro atoms. The summed E-state index contributed by atoms with van der Waals surface area (Å²) in [5.41, 5.74) is 1.53. The molecule has 20 heavy (non-hydrogen) atoms. The fourth-order valence-corrected chi connectivity index (χ4v) is 2.73. The summed E-state index contributed by atoms with van der Waals surface area (Å²) in [5, 5.41) is 7.92. The molecule has 1 saturated heterocycles. The number of aromatic nitrogens is 1. The van der Waals surface area contributed by atoms with Gasteiger partial charge in [0.15, 0.2) is 5.58 Å². The number of benzene rings is 1. The summed E-state index contributed by atoms with van der Waals surface area (Å²) in [5.74, 6) is 0. The van der Waals surface area contributed by atoms with Crippen LogP contribution in [0.25, 0.3) is 11.0 Å². The minimum atomic E-state index is -0.00992. The number of nitrogens with one attached hydrogen (secondary N) is 1. The van der Waals surface area contributed by atoms with Crippen molar-refractivity contribution in [3.05, 3.63) is 30.0 Å². The van der Waals surface area contributed by atoms with Crippen molar-refractivity contribution < 1.29 is 9.32 Å². The van der Waals surface area contributed by atoms with E-state index in [9.17, 15) is 4.79 Å². The molecular weight excluding hydrogens is 254 g/mol. The van der Waals surface area contributed by atoms with Gasteiger partial charge in [0.2, 0.25) is 0 Å². The molecule has 3 rings (SSSR count). The van der Waals surface area contributed by atoms with E-state index in [2.05, 4.69) is 17.4 Å². The Morgan fingerprint density at radius 3 is 3.15 bits per heavy atom. The Hall–Kier alpha value is -2.04. The highest BCUT2D eigenvalue weighted by molar-refractivity contribution is 5.80. The molecule has 0 radical (unpaired) electrons. The summed E-state index contributed by atoms with van der Waals surface area (Å²) in [6.45, 7) is 3.34. The van der Waals surface area contributed by atoms with E-state index in [1.165, 1.54) is 6.42 Å². The van der Waals surface area contributed by atoms with E-state index in [-0.39, 0.29) is 6.03 Å². The monoisotopic (exact) mass is 273 g/mol. The van der Waals surface area contributed by atoms with Gasteiger partial charge in [-0.15, -0.1) is 0 Å². The van der Waals surface area contributed by atoms with E-state index in [1.54, 1.807) is 0 Å². The van der Waals surface area contributed by atoms with E-state index >= 15 is 0 Å². The molecule has 1 atom stereocenters. The predicted molar refractivity (Wildman–Crippen MR) is 76.3 cm³/mol. The molecule has 1 aromatic carbocycles. The second kappa shape index (κ2) is 5.53. The molecular formula is C15H19N3O2.